The van der Waals surface area contributed by atoms with Crippen LogP contribution in [0.25, 0.3) is 0 Å². The van der Waals surface area contributed by atoms with Crippen LogP contribution >= 0.6 is 0 Å². The van der Waals surface area contributed by atoms with Crippen molar-refractivity contribution in [3.63, 3.8) is 0 Å². The summed E-state index contributed by atoms with van der Waals surface area (Å²) >= 11 is 0. The number of carbonyl (C=O) groups is 1. The predicted molar refractivity (Wildman–Crippen MR) is 95.1 cm³/mol. The van der Waals surface area contributed by atoms with E-state index < -0.39 is 21.6 Å². The molecule has 2 amide bonds. The van der Waals surface area contributed by atoms with Crippen molar-refractivity contribution in [2.45, 2.75) is 88.3 Å². The van der Waals surface area contributed by atoms with Crippen molar-refractivity contribution >= 4 is 16.1 Å². The van der Waals surface area contributed by atoms with Crippen LogP contribution in [-0.2, 0) is 14.8 Å². The summed E-state index contributed by atoms with van der Waals surface area (Å²) in [5.41, 5.74) is 5.69. The van der Waals surface area contributed by atoms with Crippen molar-refractivity contribution in [3.8, 4) is 0 Å². The lowest BCUT2D eigenvalue weighted by Gasteiger charge is -2.37. The molecule has 2 heterocycles. The van der Waals surface area contributed by atoms with Gasteiger partial charge in [0.15, 0.2) is 0 Å². The molecular weight excluding hydrogens is 358 g/mol. The molecule has 2 saturated heterocycles. The van der Waals surface area contributed by atoms with E-state index in [9.17, 15) is 13.2 Å². The fourth-order valence-electron chi connectivity index (χ4n) is 4.42. The van der Waals surface area contributed by atoms with Crippen LogP contribution in [-0.4, -0.2) is 66.2 Å². The molecule has 0 aromatic rings. The Kier molecular flexibility index (Phi) is 4.47. The van der Waals surface area contributed by atoms with Gasteiger partial charge in [-0.1, -0.05) is 0 Å². The zero-order valence-electron chi connectivity index (χ0n) is 15.6. The van der Waals surface area contributed by atoms with Gasteiger partial charge < -0.3 is 9.64 Å². The summed E-state index contributed by atoms with van der Waals surface area (Å²) in [6, 6.07) is -0.220. The van der Waals surface area contributed by atoms with E-state index in [4.69, 9.17) is 4.74 Å². The first-order chi connectivity index (χ1) is 12.2. The Hall–Kier alpha value is -0.940. The molecular formula is C16H29N5O4S. The van der Waals surface area contributed by atoms with Gasteiger partial charge in [-0.3, -0.25) is 4.90 Å². The normalized spacial score (nSPS) is 39.3. The first-order valence-electron chi connectivity index (χ1n) is 9.52. The van der Waals surface area contributed by atoms with Gasteiger partial charge in [0.2, 0.25) is 16.4 Å². The number of urea groups is 1. The Morgan fingerprint density at radius 3 is 2.58 bits per heavy atom. The first-order valence-corrected chi connectivity index (χ1v) is 11.1. The van der Waals surface area contributed by atoms with Gasteiger partial charge in [-0.05, 0) is 52.9 Å². The zero-order chi connectivity index (χ0) is 18.7. The third-order valence-corrected chi connectivity index (χ3v) is 8.20. The first kappa shape index (κ1) is 18.4. The molecule has 26 heavy (non-hydrogen) atoms. The largest absolute Gasteiger partial charge is 0.324 e. The van der Waals surface area contributed by atoms with Gasteiger partial charge in [-0.25, -0.2) is 28.8 Å². The van der Waals surface area contributed by atoms with Crippen LogP contribution < -0.4 is 15.6 Å². The lowest BCUT2D eigenvalue weighted by atomic mass is 9.90. The average molecular weight is 388 g/mol. The molecule has 0 spiro atoms. The fourth-order valence-corrected chi connectivity index (χ4v) is 6.37. The molecule has 0 aromatic carbocycles. The Morgan fingerprint density at radius 2 is 2.00 bits per heavy atom. The van der Waals surface area contributed by atoms with Gasteiger partial charge in [0, 0.05) is 12.1 Å². The van der Waals surface area contributed by atoms with Gasteiger partial charge in [-0.2, -0.15) is 0 Å². The van der Waals surface area contributed by atoms with Crippen molar-refractivity contribution < 1.29 is 17.9 Å². The highest BCUT2D eigenvalue weighted by molar-refractivity contribution is 7.90. The third-order valence-electron chi connectivity index (χ3n) is 6.12. The Labute approximate surface area is 154 Å². The number of sulfonamides is 1. The summed E-state index contributed by atoms with van der Waals surface area (Å²) < 4.78 is 34.4. The molecule has 3 N–H and O–H groups in total. The van der Waals surface area contributed by atoms with E-state index in [0.717, 1.165) is 12.8 Å². The van der Waals surface area contributed by atoms with Crippen molar-refractivity contribution in [2.75, 3.05) is 6.54 Å². The van der Waals surface area contributed by atoms with E-state index in [1.807, 2.05) is 25.7 Å². The number of amides is 2. The number of hydrazine groups is 1. The van der Waals surface area contributed by atoms with Crippen LogP contribution in [0, 0.1) is 0 Å². The average Bonchev–Trinajstić information content (AvgIpc) is 3.01. The molecule has 10 heteroatoms. The lowest BCUT2D eigenvalue weighted by molar-refractivity contribution is -0.0488. The number of likely N-dealkylation sites (N-methyl/N-ethyl adjacent to an activating group) is 1. The minimum absolute atomic E-state index is 0.0387. The highest BCUT2D eigenvalue weighted by Gasteiger charge is 2.54. The third kappa shape index (κ3) is 3.11. The summed E-state index contributed by atoms with van der Waals surface area (Å²) in [6.07, 6.45) is 2.72. The number of hydrogen-bond acceptors (Lipinski definition) is 6. The molecule has 4 rings (SSSR count). The smallest absolute Gasteiger partial charge is 0.323 e. The standard InChI is InChI=1S/C16H29N5O4S/c1-4-20-12-6-5-11(26(23,24)19-16(3)7-8-16)9-13(12)21(15(20)22)14-18-17-10(2)25-14/h10-14,17-19H,4-9H2,1-3H3. The second kappa shape index (κ2) is 6.30. The summed E-state index contributed by atoms with van der Waals surface area (Å²) in [5.74, 6) is 0. The molecule has 0 aromatic heterocycles. The maximum atomic E-state index is 12.9. The van der Waals surface area contributed by atoms with Crippen LogP contribution in [0.3, 0.4) is 0 Å². The number of ether oxygens (including phenoxy) is 1. The molecule has 0 bridgehead atoms. The van der Waals surface area contributed by atoms with E-state index in [0.29, 0.717) is 25.8 Å². The number of fused-ring (bicyclic) bond motifs is 1. The molecule has 4 aliphatic rings. The number of nitrogens with one attached hydrogen (secondary N) is 3. The quantitative estimate of drug-likeness (QED) is 0.625. The molecule has 5 unspecified atom stereocenters. The van der Waals surface area contributed by atoms with Crippen LogP contribution in [0.5, 0.6) is 0 Å². The molecule has 0 radical (unpaired) electrons. The molecule has 9 nitrogen and oxygen atoms in total. The summed E-state index contributed by atoms with van der Waals surface area (Å²) in [7, 11) is -3.40. The molecule has 4 fully saturated rings. The minimum Gasteiger partial charge on any atom is -0.324 e. The van der Waals surface area contributed by atoms with Gasteiger partial charge in [-0.15, -0.1) is 0 Å². The van der Waals surface area contributed by atoms with Crippen molar-refractivity contribution in [1.82, 2.24) is 25.4 Å². The molecule has 5 atom stereocenters. The SMILES string of the molecule is CCN1C(=O)N(C2NNC(C)O2)C2CC(S(=O)(=O)NC3(C)CC3)CCC21. The Morgan fingerprint density at radius 1 is 1.27 bits per heavy atom. The highest BCUT2D eigenvalue weighted by atomic mass is 32.2. The van der Waals surface area contributed by atoms with E-state index in [2.05, 4.69) is 15.6 Å². The maximum Gasteiger partial charge on any atom is 0.323 e. The van der Waals surface area contributed by atoms with Gasteiger partial charge >= 0.3 is 6.03 Å². The predicted octanol–water partition coefficient (Wildman–Crippen LogP) is 0.260. The second-order valence-corrected chi connectivity index (χ2v) is 10.1. The highest BCUT2D eigenvalue weighted by Crippen LogP contribution is 2.40. The monoisotopic (exact) mass is 387 g/mol. The van der Waals surface area contributed by atoms with Gasteiger partial charge in [0.25, 0.3) is 0 Å². The number of rotatable bonds is 5. The van der Waals surface area contributed by atoms with E-state index in [1.165, 1.54) is 0 Å². The summed E-state index contributed by atoms with van der Waals surface area (Å²) in [5, 5.41) is -0.472. The topological polar surface area (TPSA) is 103 Å². The molecule has 148 valence electrons. The van der Waals surface area contributed by atoms with E-state index >= 15 is 0 Å². The Balaban J connectivity index is 1.55. The van der Waals surface area contributed by atoms with Crippen LogP contribution in [0.4, 0.5) is 4.79 Å². The second-order valence-electron chi connectivity index (χ2n) is 8.17. The summed E-state index contributed by atoms with van der Waals surface area (Å²) in [6.45, 7) is 6.38. The molecule has 2 aliphatic heterocycles. The summed E-state index contributed by atoms with van der Waals surface area (Å²) in [4.78, 5) is 16.5. The maximum absolute atomic E-state index is 12.9. The minimum atomic E-state index is -3.40. The van der Waals surface area contributed by atoms with Crippen LogP contribution in [0.1, 0.15) is 52.9 Å². The number of hydrogen-bond donors (Lipinski definition) is 3. The lowest BCUT2D eigenvalue weighted by Crippen LogP contribution is -2.54. The van der Waals surface area contributed by atoms with Gasteiger partial charge in [0.05, 0.1) is 17.3 Å². The van der Waals surface area contributed by atoms with Crippen molar-refractivity contribution in [1.29, 1.82) is 0 Å². The van der Waals surface area contributed by atoms with E-state index in [1.54, 1.807) is 4.90 Å². The Bertz CT molecular complexity index is 682. The van der Waals surface area contributed by atoms with Gasteiger partial charge in [0.1, 0.15) is 6.23 Å². The van der Waals surface area contributed by atoms with Crippen molar-refractivity contribution in [2.24, 2.45) is 0 Å². The van der Waals surface area contributed by atoms with Crippen molar-refractivity contribution in [3.05, 3.63) is 0 Å². The fraction of sp³-hybridized carbons (Fsp3) is 0.938. The molecule has 2 saturated carbocycles. The number of carbonyl (C=O) groups excluding carboxylic acids is 1. The van der Waals surface area contributed by atoms with Crippen LogP contribution in [0.15, 0.2) is 0 Å². The van der Waals surface area contributed by atoms with E-state index in [-0.39, 0.29) is 29.9 Å². The zero-order valence-corrected chi connectivity index (χ0v) is 16.4. The molecule has 2 aliphatic carbocycles. The van der Waals surface area contributed by atoms with Crippen LogP contribution in [0.2, 0.25) is 0 Å². The number of nitrogens with zero attached hydrogens (tertiary/aromatic N) is 2.